The summed E-state index contributed by atoms with van der Waals surface area (Å²) in [6, 6.07) is 9.43. The Kier molecular flexibility index (Phi) is 2.63. The minimum absolute atomic E-state index is 0.0356. The molecule has 18 heavy (non-hydrogen) atoms. The first-order valence-electron chi connectivity index (χ1n) is 6.09. The molecular formula is C14H14N2O2. The summed E-state index contributed by atoms with van der Waals surface area (Å²) in [4.78, 5) is 17.5. The Morgan fingerprint density at radius 1 is 1.11 bits per heavy atom. The molecule has 2 heterocycles. The van der Waals surface area contributed by atoms with Gasteiger partial charge in [-0.2, -0.15) is 0 Å². The molecule has 1 aromatic carbocycles. The zero-order valence-electron chi connectivity index (χ0n) is 9.97. The highest BCUT2D eigenvalue weighted by atomic mass is 16.3. The fourth-order valence-electron chi connectivity index (χ4n) is 2.31. The van der Waals surface area contributed by atoms with Gasteiger partial charge in [0.1, 0.15) is 5.78 Å². The Balaban J connectivity index is 1.95. The van der Waals surface area contributed by atoms with E-state index in [4.69, 9.17) is 0 Å². The van der Waals surface area contributed by atoms with Crippen molar-refractivity contribution >= 4 is 22.4 Å². The molecule has 0 spiro atoms. The van der Waals surface area contributed by atoms with Crippen LogP contribution in [0.4, 0.5) is 5.69 Å². The number of carbonyl (C=O) groups is 1. The molecule has 1 fully saturated rings. The smallest absolute Gasteiger partial charge is 0.211 e. The number of hydrogen-bond acceptors (Lipinski definition) is 4. The molecule has 0 bridgehead atoms. The fourth-order valence-corrected chi connectivity index (χ4v) is 2.31. The Bertz CT molecular complexity index is 600. The van der Waals surface area contributed by atoms with E-state index < -0.39 is 0 Å². The number of ketones is 1. The highest BCUT2D eigenvalue weighted by Gasteiger charge is 2.16. The number of pyridine rings is 1. The van der Waals surface area contributed by atoms with Crippen molar-refractivity contribution in [2.45, 2.75) is 12.8 Å². The van der Waals surface area contributed by atoms with Crippen LogP contribution < -0.4 is 4.90 Å². The molecule has 0 atom stereocenters. The van der Waals surface area contributed by atoms with Crippen molar-refractivity contribution in [2.24, 2.45) is 0 Å². The number of fused-ring (bicyclic) bond motifs is 1. The quantitative estimate of drug-likeness (QED) is 0.832. The number of benzene rings is 1. The number of aromatic nitrogens is 1. The molecule has 1 saturated heterocycles. The lowest BCUT2D eigenvalue weighted by Gasteiger charge is -2.28. The van der Waals surface area contributed by atoms with E-state index in [9.17, 15) is 9.90 Å². The number of carbonyl (C=O) groups excluding carboxylic acids is 1. The largest absolute Gasteiger partial charge is 0.493 e. The standard InChI is InChI=1S/C14H14N2O2/c17-12-5-7-16(8-6-12)11-3-1-10-2-4-14(18)15-13(10)9-11/h1-4,9H,5-8H2,(H,15,18). The van der Waals surface area contributed by atoms with Gasteiger partial charge in [0, 0.05) is 43.1 Å². The van der Waals surface area contributed by atoms with Crippen LogP contribution >= 0.6 is 0 Å². The van der Waals surface area contributed by atoms with Gasteiger partial charge >= 0.3 is 0 Å². The lowest BCUT2D eigenvalue weighted by atomic mass is 10.1. The van der Waals surface area contributed by atoms with E-state index in [2.05, 4.69) is 9.88 Å². The lowest BCUT2D eigenvalue weighted by molar-refractivity contribution is -0.119. The van der Waals surface area contributed by atoms with E-state index in [0.717, 1.165) is 29.7 Å². The first-order chi connectivity index (χ1) is 8.72. The first-order valence-corrected chi connectivity index (χ1v) is 6.09. The molecule has 1 aromatic heterocycles. The van der Waals surface area contributed by atoms with E-state index in [1.807, 2.05) is 24.3 Å². The molecule has 0 amide bonds. The van der Waals surface area contributed by atoms with Crippen molar-refractivity contribution < 1.29 is 9.90 Å². The zero-order chi connectivity index (χ0) is 12.5. The van der Waals surface area contributed by atoms with Crippen LogP contribution in [0.1, 0.15) is 12.8 Å². The highest BCUT2D eigenvalue weighted by Crippen LogP contribution is 2.24. The van der Waals surface area contributed by atoms with E-state index in [1.54, 1.807) is 6.07 Å². The maximum atomic E-state index is 11.2. The Labute approximate surface area is 105 Å². The maximum absolute atomic E-state index is 11.2. The third kappa shape index (κ3) is 2.01. The summed E-state index contributed by atoms with van der Waals surface area (Å²) in [6.07, 6.45) is 1.23. The summed E-state index contributed by atoms with van der Waals surface area (Å²) in [5, 5.41) is 10.4. The number of rotatable bonds is 1. The average Bonchev–Trinajstić information content (AvgIpc) is 2.38. The first kappa shape index (κ1) is 11.0. The van der Waals surface area contributed by atoms with Crippen LogP contribution in [0.5, 0.6) is 5.88 Å². The molecule has 0 aliphatic carbocycles. The second-order valence-electron chi connectivity index (χ2n) is 4.57. The summed E-state index contributed by atoms with van der Waals surface area (Å²) in [5.74, 6) is 0.372. The molecule has 92 valence electrons. The summed E-state index contributed by atoms with van der Waals surface area (Å²) < 4.78 is 0. The van der Waals surface area contributed by atoms with Crippen LogP contribution in [0.25, 0.3) is 10.9 Å². The molecule has 1 aliphatic heterocycles. The zero-order valence-corrected chi connectivity index (χ0v) is 9.97. The Morgan fingerprint density at radius 2 is 1.83 bits per heavy atom. The predicted molar refractivity (Wildman–Crippen MR) is 69.9 cm³/mol. The summed E-state index contributed by atoms with van der Waals surface area (Å²) in [7, 11) is 0. The minimum Gasteiger partial charge on any atom is -0.493 e. The SMILES string of the molecule is O=C1CCN(c2ccc3ccc(O)nc3c2)CC1. The third-order valence-electron chi connectivity index (χ3n) is 3.35. The van der Waals surface area contributed by atoms with Crippen LogP contribution in [-0.4, -0.2) is 29.0 Å². The molecular weight excluding hydrogens is 228 g/mol. The van der Waals surface area contributed by atoms with E-state index >= 15 is 0 Å². The fraction of sp³-hybridized carbons (Fsp3) is 0.286. The maximum Gasteiger partial charge on any atom is 0.211 e. The molecule has 2 aromatic rings. The lowest BCUT2D eigenvalue weighted by Crippen LogP contribution is -2.33. The van der Waals surface area contributed by atoms with E-state index in [0.29, 0.717) is 18.6 Å². The molecule has 1 N–H and O–H groups in total. The van der Waals surface area contributed by atoms with Gasteiger partial charge < -0.3 is 10.0 Å². The number of hydrogen-bond donors (Lipinski definition) is 1. The number of anilines is 1. The minimum atomic E-state index is 0.0356. The third-order valence-corrected chi connectivity index (χ3v) is 3.35. The van der Waals surface area contributed by atoms with Gasteiger partial charge in [0.15, 0.2) is 0 Å². The van der Waals surface area contributed by atoms with E-state index in [1.165, 1.54) is 0 Å². The normalized spacial score (nSPS) is 16.2. The van der Waals surface area contributed by atoms with Crippen molar-refractivity contribution in [2.75, 3.05) is 18.0 Å². The molecule has 0 unspecified atom stereocenters. The van der Waals surface area contributed by atoms with Crippen LogP contribution in [0.15, 0.2) is 30.3 Å². The molecule has 4 nitrogen and oxygen atoms in total. The predicted octanol–water partition coefficient (Wildman–Crippen LogP) is 2.11. The van der Waals surface area contributed by atoms with Crippen molar-refractivity contribution in [3.05, 3.63) is 30.3 Å². The van der Waals surface area contributed by atoms with Crippen LogP contribution in [0.3, 0.4) is 0 Å². The summed E-state index contributed by atoms with van der Waals surface area (Å²) in [6.45, 7) is 1.53. The highest BCUT2D eigenvalue weighted by molar-refractivity contribution is 5.84. The molecule has 1 aliphatic rings. The van der Waals surface area contributed by atoms with Crippen molar-refractivity contribution in [1.29, 1.82) is 0 Å². The summed E-state index contributed by atoms with van der Waals surface area (Å²) >= 11 is 0. The number of nitrogens with zero attached hydrogens (tertiary/aromatic N) is 2. The van der Waals surface area contributed by atoms with Crippen LogP contribution in [0, 0.1) is 0 Å². The van der Waals surface area contributed by atoms with Gasteiger partial charge in [0.2, 0.25) is 5.88 Å². The second kappa shape index (κ2) is 4.29. The van der Waals surface area contributed by atoms with Crippen molar-refractivity contribution in [1.82, 2.24) is 4.98 Å². The summed E-state index contributed by atoms with van der Waals surface area (Å²) in [5.41, 5.74) is 1.84. The average molecular weight is 242 g/mol. The molecule has 0 radical (unpaired) electrons. The van der Waals surface area contributed by atoms with Gasteiger partial charge in [-0.15, -0.1) is 0 Å². The molecule has 4 heteroatoms. The van der Waals surface area contributed by atoms with Gasteiger partial charge in [-0.05, 0) is 18.2 Å². The van der Waals surface area contributed by atoms with Gasteiger partial charge in [-0.1, -0.05) is 6.07 Å². The van der Waals surface area contributed by atoms with Crippen molar-refractivity contribution in [3.63, 3.8) is 0 Å². The Hall–Kier alpha value is -2.10. The van der Waals surface area contributed by atoms with E-state index in [-0.39, 0.29) is 5.88 Å². The van der Waals surface area contributed by atoms with Gasteiger partial charge in [-0.3, -0.25) is 4.79 Å². The van der Waals surface area contributed by atoms with Gasteiger partial charge in [0.05, 0.1) is 5.52 Å². The van der Waals surface area contributed by atoms with Crippen LogP contribution in [-0.2, 0) is 4.79 Å². The topological polar surface area (TPSA) is 53.4 Å². The monoisotopic (exact) mass is 242 g/mol. The molecule has 3 rings (SSSR count). The Morgan fingerprint density at radius 3 is 2.61 bits per heavy atom. The molecule has 0 saturated carbocycles. The van der Waals surface area contributed by atoms with Gasteiger partial charge in [-0.25, -0.2) is 4.98 Å². The second-order valence-corrected chi connectivity index (χ2v) is 4.57. The number of piperidine rings is 1. The van der Waals surface area contributed by atoms with Crippen LogP contribution in [0.2, 0.25) is 0 Å². The van der Waals surface area contributed by atoms with Crippen molar-refractivity contribution in [3.8, 4) is 5.88 Å². The number of aromatic hydroxyl groups is 1. The van der Waals surface area contributed by atoms with Gasteiger partial charge in [0.25, 0.3) is 0 Å². The number of Topliss-reactive ketones (excluding diaryl/α,β-unsaturated/α-hetero) is 1.